The van der Waals surface area contributed by atoms with E-state index >= 15 is 0 Å². The summed E-state index contributed by atoms with van der Waals surface area (Å²) in [5.74, 6) is -2.49. The molecule has 1 heterocycles. The molecule has 3 amide bonds. The molecule has 2 aromatic rings. The number of benzene rings is 1. The molecule has 39 heavy (non-hydrogen) atoms. The SMILES string of the molecule is CCC(C)C(N)C(=O)NC(Cc1c[nH]c2ccccc12)C(=O)NC(C(=O)NC(CCSC)C(=O)O)C(C)CC. The van der Waals surface area contributed by atoms with Gasteiger partial charge in [0, 0.05) is 23.5 Å². The van der Waals surface area contributed by atoms with E-state index in [0.717, 1.165) is 16.5 Å². The van der Waals surface area contributed by atoms with Crippen molar-refractivity contribution in [1.82, 2.24) is 20.9 Å². The van der Waals surface area contributed by atoms with E-state index in [9.17, 15) is 24.3 Å². The molecule has 7 N–H and O–H groups in total. The van der Waals surface area contributed by atoms with Gasteiger partial charge in [0.15, 0.2) is 0 Å². The molecule has 0 fully saturated rings. The zero-order valence-corrected chi connectivity index (χ0v) is 24.3. The molecule has 10 nitrogen and oxygen atoms in total. The lowest BCUT2D eigenvalue weighted by atomic mass is 9.96. The van der Waals surface area contributed by atoms with Crippen molar-refractivity contribution in [2.45, 2.75) is 77.5 Å². The first-order valence-corrected chi connectivity index (χ1v) is 14.9. The maximum atomic E-state index is 13.7. The summed E-state index contributed by atoms with van der Waals surface area (Å²) in [6, 6.07) is 3.80. The number of carbonyl (C=O) groups excluding carboxylic acids is 3. The maximum absolute atomic E-state index is 13.7. The van der Waals surface area contributed by atoms with Crippen LogP contribution in [-0.4, -0.2) is 70.0 Å². The number of nitrogens with one attached hydrogen (secondary N) is 4. The summed E-state index contributed by atoms with van der Waals surface area (Å²) in [7, 11) is 0. The van der Waals surface area contributed by atoms with Gasteiger partial charge in [-0.05, 0) is 41.9 Å². The van der Waals surface area contributed by atoms with Gasteiger partial charge in [0.1, 0.15) is 18.1 Å². The molecule has 1 aromatic heterocycles. The van der Waals surface area contributed by atoms with Crippen LogP contribution in [0.5, 0.6) is 0 Å². The van der Waals surface area contributed by atoms with E-state index in [0.29, 0.717) is 18.6 Å². The molecular weight excluding hydrogens is 518 g/mol. The molecule has 11 heteroatoms. The minimum absolute atomic E-state index is 0.0883. The van der Waals surface area contributed by atoms with Gasteiger partial charge in [-0.15, -0.1) is 0 Å². The second-order valence-corrected chi connectivity index (χ2v) is 11.1. The van der Waals surface area contributed by atoms with Crippen LogP contribution in [0.15, 0.2) is 30.5 Å². The highest BCUT2D eigenvalue weighted by atomic mass is 32.2. The normalized spacial score (nSPS) is 15.9. The van der Waals surface area contributed by atoms with Crippen LogP contribution in [0.3, 0.4) is 0 Å². The van der Waals surface area contributed by atoms with Gasteiger partial charge >= 0.3 is 5.97 Å². The number of H-pyrrole nitrogens is 1. The highest BCUT2D eigenvalue weighted by Gasteiger charge is 2.33. The van der Waals surface area contributed by atoms with Crippen LogP contribution in [0.2, 0.25) is 0 Å². The van der Waals surface area contributed by atoms with Crippen LogP contribution >= 0.6 is 11.8 Å². The fraction of sp³-hybridized carbons (Fsp3) is 0.571. The molecule has 0 saturated heterocycles. The van der Waals surface area contributed by atoms with Crippen LogP contribution in [0.4, 0.5) is 0 Å². The van der Waals surface area contributed by atoms with Crippen LogP contribution < -0.4 is 21.7 Å². The summed E-state index contributed by atoms with van der Waals surface area (Å²) in [5, 5.41) is 18.7. The fourth-order valence-corrected chi connectivity index (χ4v) is 4.69. The highest BCUT2D eigenvalue weighted by Crippen LogP contribution is 2.20. The van der Waals surface area contributed by atoms with Crippen LogP contribution in [0.1, 0.15) is 52.5 Å². The molecule has 0 aliphatic heterocycles. The molecule has 0 spiro atoms. The van der Waals surface area contributed by atoms with Crippen LogP contribution in [0, 0.1) is 11.8 Å². The summed E-state index contributed by atoms with van der Waals surface area (Å²) >= 11 is 1.48. The number of fused-ring (bicyclic) bond motifs is 1. The quantitative estimate of drug-likeness (QED) is 0.183. The molecule has 6 unspecified atom stereocenters. The smallest absolute Gasteiger partial charge is 0.326 e. The number of hydrogen-bond acceptors (Lipinski definition) is 6. The number of nitrogens with two attached hydrogens (primary N) is 1. The lowest BCUT2D eigenvalue weighted by Gasteiger charge is -2.28. The topological polar surface area (TPSA) is 166 Å². The summed E-state index contributed by atoms with van der Waals surface area (Å²) < 4.78 is 0. The molecule has 2 rings (SSSR count). The van der Waals surface area contributed by atoms with Gasteiger partial charge in [0.2, 0.25) is 17.7 Å². The Labute approximate surface area is 234 Å². The maximum Gasteiger partial charge on any atom is 0.326 e. The van der Waals surface area contributed by atoms with Gasteiger partial charge in [0.25, 0.3) is 0 Å². The van der Waals surface area contributed by atoms with E-state index < -0.39 is 47.9 Å². The first kappa shape index (κ1) is 32.2. The Morgan fingerprint density at radius 2 is 1.59 bits per heavy atom. The molecule has 0 radical (unpaired) electrons. The minimum Gasteiger partial charge on any atom is -0.480 e. The standard InChI is InChI=1S/C28H43N5O5S/c1-6-16(3)23(29)26(35)32-22(14-18-15-30-20-11-9-8-10-19(18)20)25(34)33-24(17(4)7-2)27(36)31-21(28(37)38)12-13-39-5/h8-11,15-17,21-24,30H,6-7,12-14,29H2,1-5H3,(H,31,36)(H,32,35)(H,33,34)(H,37,38). The van der Waals surface area contributed by atoms with Gasteiger partial charge in [-0.2, -0.15) is 11.8 Å². The van der Waals surface area contributed by atoms with E-state index in [1.165, 1.54) is 11.8 Å². The Balaban J connectivity index is 2.32. The summed E-state index contributed by atoms with van der Waals surface area (Å²) in [6.45, 7) is 7.51. The first-order chi connectivity index (χ1) is 18.5. The molecule has 216 valence electrons. The third-order valence-electron chi connectivity index (χ3n) is 7.31. The summed E-state index contributed by atoms with van der Waals surface area (Å²) in [4.78, 5) is 54.8. The van der Waals surface area contributed by atoms with Gasteiger partial charge in [-0.1, -0.05) is 58.7 Å². The number of para-hydroxylation sites is 1. The van der Waals surface area contributed by atoms with E-state index in [-0.39, 0.29) is 24.7 Å². The number of rotatable bonds is 16. The van der Waals surface area contributed by atoms with Crippen LogP contribution in [-0.2, 0) is 25.6 Å². The highest BCUT2D eigenvalue weighted by molar-refractivity contribution is 7.98. The largest absolute Gasteiger partial charge is 0.480 e. The Morgan fingerprint density at radius 3 is 2.21 bits per heavy atom. The van der Waals surface area contributed by atoms with Gasteiger partial charge in [-0.3, -0.25) is 14.4 Å². The number of carbonyl (C=O) groups is 4. The lowest BCUT2D eigenvalue weighted by molar-refractivity contribution is -0.142. The van der Waals surface area contributed by atoms with Crippen LogP contribution in [0.25, 0.3) is 10.9 Å². The summed E-state index contributed by atoms with van der Waals surface area (Å²) in [6.07, 6.45) is 5.36. The number of aromatic amines is 1. The van der Waals surface area contributed by atoms with Crippen molar-refractivity contribution < 1.29 is 24.3 Å². The third-order valence-corrected chi connectivity index (χ3v) is 7.95. The molecule has 6 atom stereocenters. The van der Waals surface area contributed by atoms with E-state index in [1.807, 2.05) is 58.2 Å². The first-order valence-electron chi connectivity index (χ1n) is 13.5. The average molecular weight is 562 g/mol. The average Bonchev–Trinajstić information content (AvgIpc) is 3.34. The van der Waals surface area contributed by atoms with Crippen molar-refractivity contribution in [3.8, 4) is 0 Å². The molecule has 0 aliphatic carbocycles. The molecule has 0 saturated carbocycles. The molecule has 0 bridgehead atoms. The van der Waals surface area contributed by atoms with E-state index in [2.05, 4.69) is 20.9 Å². The zero-order chi connectivity index (χ0) is 29.1. The van der Waals surface area contributed by atoms with Crippen molar-refractivity contribution in [3.63, 3.8) is 0 Å². The number of carboxylic acid groups (broad SMARTS) is 1. The Kier molecular flexibility index (Phi) is 12.8. The Hall–Kier alpha value is -3.05. The molecule has 0 aliphatic rings. The monoisotopic (exact) mass is 561 g/mol. The molecular formula is C28H43N5O5S. The van der Waals surface area contributed by atoms with Crippen molar-refractivity contribution in [2.75, 3.05) is 12.0 Å². The van der Waals surface area contributed by atoms with Gasteiger partial charge in [-0.25, -0.2) is 4.79 Å². The minimum atomic E-state index is -1.13. The van der Waals surface area contributed by atoms with Crippen molar-refractivity contribution in [3.05, 3.63) is 36.0 Å². The summed E-state index contributed by atoms with van der Waals surface area (Å²) in [5.41, 5.74) is 7.88. The fourth-order valence-electron chi connectivity index (χ4n) is 4.22. The predicted octanol–water partition coefficient (Wildman–Crippen LogP) is 2.42. The van der Waals surface area contributed by atoms with Crippen molar-refractivity contribution in [1.29, 1.82) is 0 Å². The number of aliphatic carboxylic acids is 1. The second-order valence-electron chi connectivity index (χ2n) is 10.1. The predicted molar refractivity (Wildman–Crippen MR) is 155 cm³/mol. The zero-order valence-electron chi connectivity index (χ0n) is 23.5. The second kappa shape index (κ2) is 15.5. The lowest BCUT2D eigenvalue weighted by Crippen LogP contribution is -2.59. The van der Waals surface area contributed by atoms with E-state index in [4.69, 9.17) is 5.73 Å². The number of hydrogen-bond donors (Lipinski definition) is 6. The number of thioether (sulfide) groups is 1. The number of aromatic nitrogens is 1. The van der Waals surface area contributed by atoms with Crippen molar-refractivity contribution >= 4 is 46.4 Å². The third kappa shape index (κ3) is 8.99. The number of amides is 3. The molecule has 1 aromatic carbocycles. The Morgan fingerprint density at radius 1 is 0.949 bits per heavy atom. The number of carboxylic acids is 1. The van der Waals surface area contributed by atoms with Crippen molar-refractivity contribution in [2.24, 2.45) is 17.6 Å². The Bertz CT molecular complexity index is 1120. The van der Waals surface area contributed by atoms with E-state index in [1.54, 1.807) is 6.20 Å². The van der Waals surface area contributed by atoms with Gasteiger partial charge in [0.05, 0.1) is 6.04 Å². The van der Waals surface area contributed by atoms with Gasteiger partial charge < -0.3 is 31.8 Å².